The number of nitrogens with one attached hydrogen (secondary N) is 1. The zero-order chi connectivity index (χ0) is 14.6. The number of hydrogen-bond acceptors (Lipinski definition) is 4. The van der Waals surface area contributed by atoms with Crippen LogP contribution in [0.1, 0.15) is 26.7 Å². The van der Waals surface area contributed by atoms with Crippen molar-refractivity contribution in [3.8, 4) is 0 Å². The number of carbonyl (C=O) groups is 2. The van der Waals surface area contributed by atoms with Gasteiger partial charge in [-0.15, -0.1) is 0 Å². The van der Waals surface area contributed by atoms with E-state index < -0.39 is 18.2 Å². The number of aliphatic carboxylic acids is 1. The summed E-state index contributed by atoms with van der Waals surface area (Å²) < 4.78 is 5.21. The van der Waals surface area contributed by atoms with Gasteiger partial charge in [0.1, 0.15) is 6.10 Å². The third-order valence-corrected chi connectivity index (χ3v) is 3.07. The predicted octanol–water partition coefficient (Wildman–Crippen LogP) is 0.323. The molecule has 1 rings (SSSR count). The van der Waals surface area contributed by atoms with E-state index in [1.165, 1.54) is 0 Å². The summed E-state index contributed by atoms with van der Waals surface area (Å²) in [5, 5.41) is 11.7. The molecule has 0 radical (unpaired) electrons. The van der Waals surface area contributed by atoms with Crippen molar-refractivity contribution in [1.29, 1.82) is 0 Å². The number of carboxylic acids is 1. The highest BCUT2D eigenvalue weighted by molar-refractivity contribution is 5.82. The molecule has 0 aromatic heterocycles. The van der Waals surface area contributed by atoms with Crippen molar-refractivity contribution in [3.63, 3.8) is 0 Å². The summed E-state index contributed by atoms with van der Waals surface area (Å²) in [6.45, 7) is 5.55. The van der Waals surface area contributed by atoms with E-state index >= 15 is 0 Å². The molecule has 1 amide bonds. The Hall–Kier alpha value is -1.14. The number of ether oxygens (including phenoxy) is 1. The smallest absolute Gasteiger partial charge is 0.332 e. The summed E-state index contributed by atoms with van der Waals surface area (Å²) in [5.74, 6) is -1.21. The SMILES string of the molecule is CN(C)CC(C)(C)CNC(=O)[C@@H]1CC[C@H](C(=O)O)O1. The number of amides is 1. The minimum absolute atomic E-state index is 0.0377. The molecule has 0 spiro atoms. The molecule has 0 saturated carbocycles. The molecule has 0 aromatic rings. The summed E-state index contributed by atoms with van der Waals surface area (Å²) in [7, 11) is 3.97. The maximum atomic E-state index is 11.9. The van der Waals surface area contributed by atoms with Gasteiger partial charge in [0.15, 0.2) is 6.10 Å². The van der Waals surface area contributed by atoms with Gasteiger partial charge in [-0.1, -0.05) is 13.8 Å². The summed E-state index contributed by atoms with van der Waals surface area (Å²) in [4.78, 5) is 24.7. The monoisotopic (exact) mass is 272 g/mol. The molecule has 2 atom stereocenters. The van der Waals surface area contributed by atoms with E-state index in [1.807, 2.05) is 14.1 Å². The molecule has 0 aromatic carbocycles. The Kier molecular flexibility index (Phi) is 5.31. The first-order chi connectivity index (χ1) is 8.71. The van der Waals surface area contributed by atoms with E-state index in [0.29, 0.717) is 19.4 Å². The van der Waals surface area contributed by atoms with Crippen molar-refractivity contribution in [3.05, 3.63) is 0 Å². The van der Waals surface area contributed by atoms with E-state index in [9.17, 15) is 9.59 Å². The molecule has 0 aliphatic carbocycles. The topological polar surface area (TPSA) is 78.9 Å². The number of nitrogens with zero attached hydrogens (tertiary/aromatic N) is 1. The normalized spacial score (nSPS) is 23.6. The molecule has 2 N–H and O–H groups in total. The molecule has 1 aliphatic rings. The molecule has 0 bridgehead atoms. The van der Waals surface area contributed by atoms with Crippen LogP contribution in [0.3, 0.4) is 0 Å². The lowest BCUT2D eigenvalue weighted by Crippen LogP contribution is -2.43. The van der Waals surface area contributed by atoms with E-state index in [1.54, 1.807) is 0 Å². The van der Waals surface area contributed by atoms with Gasteiger partial charge in [-0.2, -0.15) is 0 Å². The van der Waals surface area contributed by atoms with Crippen molar-refractivity contribution in [2.24, 2.45) is 5.41 Å². The standard InChI is InChI=1S/C13H24N2O4/c1-13(2,8-15(3)4)7-14-11(16)9-5-6-10(19-9)12(17)18/h9-10H,5-8H2,1-4H3,(H,14,16)(H,17,18)/t9-,10+/m0/s1. The van der Waals surface area contributed by atoms with Gasteiger partial charge in [0, 0.05) is 13.1 Å². The van der Waals surface area contributed by atoms with Crippen LogP contribution in [0.5, 0.6) is 0 Å². The van der Waals surface area contributed by atoms with Gasteiger partial charge in [-0.05, 0) is 32.4 Å². The molecule has 19 heavy (non-hydrogen) atoms. The average molecular weight is 272 g/mol. The Balaban J connectivity index is 2.38. The quantitative estimate of drug-likeness (QED) is 0.728. The summed E-state index contributed by atoms with van der Waals surface area (Å²) >= 11 is 0. The fourth-order valence-corrected chi connectivity index (χ4v) is 2.36. The van der Waals surface area contributed by atoms with Gasteiger partial charge in [-0.25, -0.2) is 4.79 Å². The van der Waals surface area contributed by atoms with Gasteiger partial charge in [-0.3, -0.25) is 4.79 Å². The van der Waals surface area contributed by atoms with Crippen molar-refractivity contribution >= 4 is 11.9 Å². The highest BCUT2D eigenvalue weighted by Crippen LogP contribution is 2.20. The largest absolute Gasteiger partial charge is 0.479 e. The Morgan fingerprint density at radius 2 is 1.89 bits per heavy atom. The summed E-state index contributed by atoms with van der Waals surface area (Å²) in [6.07, 6.45) is -0.604. The van der Waals surface area contributed by atoms with E-state index in [4.69, 9.17) is 9.84 Å². The van der Waals surface area contributed by atoms with Gasteiger partial charge >= 0.3 is 5.97 Å². The van der Waals surface area contributed by atoms with Crippen molar-refractivity contribution < 1.29 is 19.4 Å². The van der Waals surface area contributed by atoms with Crippen LogP contribution in [0.25, 0.3) is 0 Å². The van der Waals surface area contributed by atoms with Crippen LogP contribution in [-0.4, -0.2) is 61.3 Å². The number of rotatable bonds is 6. The highest BCUT2D eigenvalue weighted by atomic mass is 16.5. The molecule has 1 saturated heterocycles. The van der Waals surface area contributed by atoms with Crippen LogP contribution in [0.4, 0.5) is 0 Å². The van der Waals surface area contributed by atoms with Gasteiger partial charge in [0.05, 0.1) is 0 Å². The van der Waals surface area contributed by atoms with Crippen LogP contribution in [-0.2, 0) is 14.3 Å². The van der Waals surface area contributed by atoms with Crippen molar-refractivity contribution in [1.82, 2.24) is 10.2 Å². The van der Waals surface area contributed by atoms with Crippen LogP contribution < -0.4 is 5.32 Å². The predicted molar refractivity (Wildman–Crippen MR) is 70.9 cm³/mol. The molecule has 1 aliphatic heterocycles. The Bertz CT molecular complexity index is 342. The van der Waals surface area contributed by atoms with E-state index in [-0.39, 0.29) is 11.3 Å². The van der Waals surface area contributed by atoms with Crippen LogP contribution in [0, 0.1) is 5.41 Å². The van der Waals surface area contributed by atoms with Crippen LogP contribution in [0.2, 0.25) is 0 Å². The zero-order valence-corrected chi connectivity index (χ0v) is 12.1. The Morgan fingerprint density at radius 1 is 1.32 bits per heavy atom. The number of hydrogen-bond donors (Lipinski definition) is 2. The van der Waals surface area contributed by atoms with Gasteiger partial charge < -0.3 is 20.1 Å². The maximum Gasteiger partial charge on any atom is 0.332 e. The molecule has 0 unspecified atom stereocenters. The molecular formula is C13H24N2O4. The molecule has 6 nitrogen and oxygen atoms in total. The second-order valence-corrected chi connectivity index (χ2v) is 6.15. The lowest BCUT2D eigenvalue weighted by Gasteiger charge is -2.28. The third-order valence-electron chi connectivity index (χ3n) is 3.07. The lowest BCUT2D eigenvalue weighted by atomic mass is 9.93. The summed E-state index contributed by atoms with van der Waals surface area (Å²) in [5.41, 5.74) is -0.0377. The van der Waals surface area contributed by atoms with Gasteiger partial charge in [0.2, 0.25) is 5.91 Å². The Labute approximate surface area is 114 Å². The zero-order valence-electron chi connectivity index (χ0n) is 12.1. The third kappa shape index (κ3) is 5.16. The molecule has 1 fully saturated rings. The van der Waals surface area contributed by atoms with Crippen molar-refractivity contribution in [2.75, 3.05) is 27.2 Å². The fourth-order valence-electron chi connectivity index (χ4n) is 2.36. The maximum absolute atomic E-state index is 11.9. The highest BCUT2D eigenvalue weighted by Gasteiger charge is 2.35. The lowest BCUT2D eigenvalue weighted by molar-refractivity contribution is -0.151. The average Bonchev–Trinajstić information content (AvgIpc) is 2.73. The van der Waals surface area contributed by atoms with E-state index in [2.05, 4.69) is 24.1 Å². The first kappa shape index (κ1) is 15.9. The summed E-state index contributed by atoms with van der Waals surface area (Å²) in [6, 6.07) is 0. The van der Waals surface area contributed by atoms with Crippen LogP contribution in [0.15, 0.2) is 0 Å². The minimum atomic E-state index is -0.997. The molecule has 110 valence electrons. The number of carboxylic acid groups (broad SMARTS) is 1. The molecular weight excluding hydrogens is 248 g/mol. The first-order valence-electron chi connectivity index (χ1n) is 6.52. The molecule has 6 heteroatoms. The Morgan fingerprint density at radius 3 is 2.37 bits per heavy atom. The van der Waals surface area contributed by atoms with Crippen molar-refractivity contribution in [2.45, 2.75) is 38.9 Å². The van der Waals surface area contributed by atoms with Gasteiger partial charge in [0.25, 0.3) is 0 Å². The first-order valence-corrected chi connectivity index (χ1v) is 6.52. The number of carbonyl (C=O) groups excluding carboxylic acids is 1. The second kappa shape index (κ2) is 6.34. The van der Waals surface area contributed by atoms with E-state index in [0.717, 1.165) is 6.54 Å². The van der Waals surface area contributed by atoms with Crippen LogP contribution >= 0.6 is 0 Å². The minimum Gasteiger partial charge on any atom is -0.479 e. The second-order valence-electron chi connectivity index (χ2n) is 6.15. The molecule has 1 heterocycles. The fraction of sp³-hybridized carbons (Fsp3) is 0.846.